The van der Waals surface area contributed by atoms with Crippen LogP contribution in [0.1, 0.15) is 24.2 Å². The highest BCUT2D eigenvalue weighted by Crippen LogP contribution is 2.28. The first-order chi connectivity index (χ1) is 9.16. The van der Waals surface area contributed by atoms with Gasteiger partial charge in [0.05, 0.1) is 6.54 Å². The summed E-state index contributed by atoms with van der Waals surface area (Å²) in [7, 11) is 1.78. The van der Waals surface area contributed by atoms with E-state index in [0.29, 0.717) is 12.4 Å². The maximum Gasteiger partial charge on any atom is 0.325 e. The summed E-state index contributed by atoms with van der Waals surface area (Å²) in [5.41, 5.74) is 1.01. The largest absolute Gasteiger partial charge is 0.381 e. The van der Waals surface area contributed by atoms with Crippen molar-refractivity contribution in [2.75, 3.05) is 25.2 Å². The smallest absolute Gasteiger partial charge is 0.325 e. The molecule has 0 radical (unpaired) electrons. The third-order valence-electron chi connectivity index (χ3n) is 3.78. The van der Waals surface area contributed by atoms with E-state index >= 15 is 0 Å². The van der Waals surface area contributed by atoms with Gasteiger partial charge >= 0.3 is 6.03 Å². The van der Waals surface area contributed by atoms with Crippen molar-refractivity contribution in [1.29, 1.82) is 0 Å². The number of rotatable bonds is 1. The van der Waals surface area contributed by atoms with E-state index in [1.54, 1.807) is 11.9 Å². The number of hydrogen-bond donors (Lipinski definition) is 0. The van der Waals surface area contributed by atoms with E-state index in [4.69, 9.17) is 4.74 Å². The Labute approximate surface area is 112 Å². The number of carbonyl (C=O) groups excluding carboxylic acids is 1. The molecule has 3 rings (SSSR count). The molecule has 0 atom stereocenters. The fourth-order valence-electron chi connectivity index (χ4n) is 2.70. The minimum absolute atomic E-state index is 0.0255. The van der Waals surface area contributed by atoms with Crippen LogP contribution in [-0.2, 0) is 11.3 Å². The number of nitrogens with zero attached hydrogens (tertiary/aromatic N) is 4. The average molecular weight is 262 g/mol. The highest BCUT2D eigenvalue weighted by Gasteiger charge is 2.34. The van der Waals surface area contributed by atoms with Gasteiger partial charge in [-0.05, 0) is 19.8 Å². The van der Waals surface area contributed by atoms with Gasteiger partial charge in [-0.1, -0.05) is 0 Å². The van der Waals surface area contributed by atoms with Crippen LogP contribution in [-0.4, -0.2) is 47.2 Å². The van der Waals surface area contributed by atoms with Crippen LogP contribution in [0.25, 0.3) is 0 Å². The molecule has 1 saturated heterocycles. The van der Waals surface area contributed by atoms with Crippen LogP contribution in [0.5, 0.6) is 0 Å². The highest BCUT2D eigenvalue weighted by molar-refractivity contribution is 5.93. The van der Waals surface area contributed by atoms with Crippen LogP contribution >= 0.6 is 0 Å². The van der Waals surface area contributed by atoms with Crippen molar-refractivity contribution in [3.8, 4) is 0 Å². The van der Waals surface area contributed by atoms with Crippen molar-refractivity contribution in [2.45, 2.75) is 32.4 Å². The summed E-state index contributed by atoms with van der Waals surface area (Å²) < 4.78 is 5.36. The Balaban J connectivity index is 1.89. The molecule has 2 aliphatic heterocycles. The summed E-state index contributed by atoms with van der Waals surface area (Å²) in [6.45, 7) is 3.90. The molecule has 0 unspecified atom stereocenters. The fourth-order valence-corrected chi connectivity index (χ4v) is 2.70. The maximum absolute atomic E-state index is 12.4. The van der Waals surface area contributed by atoms with E-state index in [9.17, 15) is 4.79 Å². The maximum atomic E-state index is 12.4. The summed E-state index contributed by atoms with van der Waals surface area (Å²) in [5.74, 6) is 1.43. The van der Waals surface area contributed by atoms with Crippen molar-refractivity contribution in [2.24, 2.45) is 0 Å². The summed E-state index contributed by atoms with van der Waals surface area (Å²) in [4.78, 5) is 24.6. The number of fused-ring (bicyclic) bond motifs is 1. The second-order valence-electron chi connectivity index (χ2n) is 5.08. The summed E-state index contributed by atoms with van der Waals surface area (Å²) >= 11 is 0. The second kappa shape index (κ2) is 4.77. The first-order valence-corrected chi connectivity index (χ1v) is 6.61. The predicted octanol–water partition coefficient (Wildman–Crippen LogP) is 1.34. The van der Waals surface area contributed by atoms with Crippen molar-refractivity contribution >= 4 is 11.8 Å². The molecule has 0 bridgehead atoms. The van der Waals surface area contributed by atoms with Gasteiger partial charge in [0.15, 0.2) is 0 Å². The minimum Gasteiger partial charge on any atom is -0.381 e. The van der Waals surface area contributed by atoms with Crippen LogP contribution in [0.15, 0.2) is 6.20 Å². The van der Waals surface area contributed by atoms with Crippen LogP contribution < -0.4 is 4.90 Å². The predicted molar refractivity (Wildman–Crippen MR) is 70.0 cm³/mol. The second-order valence-corrected chi connectivity index (χ2v) is 5.08. The zero-order chi connectivity index (χ0) is 13.4. The van der Waals surface area contributed by atoms with Crippen molar-refractivity contribution in [1.82, 2.24) is 14.9 Å². The van der Waals surface area contributed by atoms with Gasteiger partial charge in [-0.2, -0.15) is 0 Å². The van der Waals surface area contributed by atoms with E-state index in [0.717, 1.165) is 37.4 Å². The van der Waals surface area contributed by atoms with Gasteiger partial charge in [-0.15, -0.1) is 0 Å². The van der Waals surface area contributed by atoms with Gasteiger partial charge in [0, 0.05) is 38.1 Å². The van der Waals surface area contributed by atoms with E-state index < -0.39 is 0 Å². The number of hydrogen-bond acceptors (Lipinski definition) is 4. The molecule has 102 valence electrons. The first kappa shape index (κ1) is 12.3. The van der Waals surface area contributed by atoms with Crippen molar-refractivity contribution in [3.05, 3.63) is 17.6 Å². The van der Waals surface area contributed by atoms with Gasteiger partial charge in [-0.25, -0.2) is 14.8 Å². The number of aryl methyl sites for hydroxylation is 1. The van der Waals surface area contributed by atoms with Crippen LogP contribution in [0.4, 0.5) is 10.6 Å². The van der Waals surface area contributed by atoms with Crippen LogP contribution in [0.3, 0.4) is 0 Å². The molecular weight excluding hydrogens is 244 g/mol. The third kappa shape index (κ3) is 2.16. The zero-order valence-electron chi connectivity index (χ0n) is 11.3. The normalized spacial score (nSPS) is 20.6. The van der Waals surface area contributed by atoms with Gasteiger partial charge < -0.3 is 9.64 Å². The Kier molecular flexibility index (Phi) is 3.10. The molecule has 6 heteroatoms. The quantitative estimate of drug-likeness (QED) is 0.766. The average Bonchev–Trinajstić information content (AvgIpc) is 2.44. The van der Waals surface area contributed by atoms with E-state index in [-0.39, 0.29) is 12.1 Å². The molecule has 2 amide bonds. The number of ether oxygens (including phenoxy) is 1. The van der Waals surface area contributed by atoms with Gasteiger partial charge in [0.25, 0.3) is 0 Å². The molecule has 1 aromatic rings. The number of urea groups is 1. The van der Waals surface area contributed by atoms with Gasteiger partial charge in [0.1, 0.15) is 11.6 Å². The molecule has 0 N–H and O–H groups in total. The number of anilines is 1. The zero-order valence-corrected chi connectivity index (χ0v) is 11.3. The molecular formula is C13H18N4O2. The number of amides is 2. The Hall–Kier alpha value is -1.69. The molecule has 0 aliphatic carbocycles. The van der Waals surface area contributed by atoms with E-state index in [1.165, 1.54) is 0 Å². The van der Waals surface area contributed by atoms with Crippen molar-refractivity contribution < 1.29 is 9.53 Å². The molecule has 19 heavy (non-hydrogen) atoms. The highest BCUT2D eigenvalue weighted by atomic mass is 16.5. The Morgan fingerprint density at radius 2 is 2.11 bits per heavy atom. The van der Waals surface area contributed by atoms with E-state index in [2.05, 4.69) is 9.97 Å². The molecule has 1 aromatic heterocycles. The van der Waals surface area contributed by atoms with E-state index in [1.807, 2.05) is 18.0 Å². The molecule has 2 aliphatic rings. The lowest BCUT2D eigenvalue weighted by Crippen LogP contribution is -2.51. The number of aromatic nitrogens is 2. The third-order valence-corrected chi connectivity index (χ3v) is 3.78. The molecule has 1 fully saturated rings. The molecule has 0 aromatic carbocycles. The minimum atomic E-state index is 0.0255. The standard InChI is InChI=1S/C13H18N4O2/c1-9-14-7-10-8-17(11-3-5-19-6-4-11)13(18)16(2)12(10)15-9/h7,11H,3-6,8H2,1-2H3. The topological polar surface area (TPSA) is 58.6 Å². The monoisotopic (exact) mass is 262 g/mol. The molecule has 0 spiro atoms. The lowest BCUT2D eigenvalue weighted by Gasteiger charge is -2.40. The molecule has 3 heterocycles. The summed E-state index contributed by atoms with van der Waals surface area (Å²) in [5, 5.41) is 0. The Morgan fingerprint density at radius 1 is 1.37 bits per heavy atom. The van der Waals surface area contributed by atoms with Crippen LogP contribution in [0, 0.1) is 6.92 Å². The molecule has 0 saturated carbocycles. The fraction of sp³-hybridized carbons (Fsp3) is 0.615. The number of carbonyl (C=O) groups is 1. The summed E-state index contributed by atoms with van der Waals surface area (Å²) in [6, 6.07) is 0.288. The van der Waals surface area contributed by atoms with Crippen LogP contribution in [0.2, 0.25) is 0 Å². The SMILES string of the molecule is Cc1ncc2c(n1)N(C)C(=O)N(C1CCOCC1)C2. The van der Waals surface area contributed by atoms with Gasteiger partial charge in [-0.3, -0.25) is 4.90 Å². The summed E-state index contributed by atoms with van der Waals surface area (Å²) in [6.07, 6.45) is 3.64. The van der Waals surface area contributed by atoms with Crippen molar-refractivity contribution in [3.63, 3.8) is 0 Å². The van der Waals surface area contributed by atoms with Gasteiger partial charge in [0.2, 0.25) is 0 Å². The lowest BCUT2D eigenvalue weighted by atomic mass is 10.1. The Bertz CT molecular complexity index is 499. The first-order valence-electron chi connectivity index (χ1n) is 6.61. The molecule has 6 nitrogen and oxygen atoms in total. The Morgan fingerprint density at radius 3 is 2.84 bits per heavy atom. The lowest BCUT2D eigenvalue weighted by molar-refractivity contribution is 0.0440.